The molecule has 0 bridgehead atoms. The van der Waals surface area contributed by atoms with Gasteiger partial charge in [0.1, 0.15) is 0 Å². The Balaban J connectivity index is 1.85. The van der Waals surface area contributed by atoms with Gasteiger partial charge in [-0.2, -0.15) is 0 Å². The fraction of sp³-hybridized carbons (Fsp3) is 0.312. The van der Waals surface area contributed by atoms with Crippen LogP contribution in [0.4, 0.5) is 0 Å². The van der Waals surface area contributed by atoms with E-state index < -0.39 is 17.8 Å². The third-order valence-electron chi connectivity index (χ3n) is 3.75. The van der Waals surface area contributed by atoms with Crippen molar-refractivity contribution in [1.82, 2.24) is 20.1 Å². The van der Waals surface area contributed by atoms with Crippen LogP contribution in [0.2, 0.25) is 0 Å². The van der Waals surface area contributed by atoms with Crippen LogP contribution in [0.1, 0.15) is 57.2 Å². The van der Waals surface area contributed by atoms with Crippen LogP contribution in [0.25, 0.3) is 0 Å². The van der Waals surface area contributed by atoms with E-state index in [0.29, 0.717) is 23.7 Å². The summed E-state index contributed by atoms with van der Waals surface area (Å²) in [6.45, 7) is 4.40. The van der Waals surface area contributed by atoms with Gasteiger partial charge in [-0.05, 0) is 25.5 Å². The van der Waals surface area contributed by atoms with Crippen LogP contribution in [0.5, 0.6) is 0 Å². The number of fused-ring (bicyclic) bond motifs is 1. The molecule has 0 radical (unpaired) electrons. The lowest BCUT2D eigenvalue weighted by atomic mass is 10.1. The van der Waals surface area contributed by atoms with E-state index in [2.05, 4.69) is 10.3 Å². The number of hydrogen-bond donors (Lipinski definition) is 0. The first-order chi connectivity index (χ1) is 11.6. The zero-order chi connectivity index (χ0) is 17.3. The second-order valence-electron chi connectivity index (χ2n) is 5.28. The molecule has 24 heavy (non-hydrogen) atoms. The second-order valence-corrected chi connectivity index (χ2v) is 5.28. The van der Waals surface area contributed by atoms with Crippen LogP contribution in [0, 0.1) is 0 Å². The minimum absolute atomic E-state index is 0.0234. The Morgan fingerprint density at radius 1 is 1.12 bits per heavy atom. The van der Waals surface area contributed by atoms with E-state index in [9.17, 15) is 14.4 Å². The molecule has 2 heterocycles. The second kappa shape index (κ2) is 6.23. The average Bonchev–Trinajstić information content (AvgIpc) is 3.10. The maximum absolute atomic E-state index is 12.4. The largest absolute Gasteiger partial charge is 0.385 e. The molecule has 1 aliphatic rings. The zero-order valence-electron chi connectivity index (χ0n) is 13.4. The molecule has 0 unspecified atom stereocenters. The summed E-state index contributed by atoms with van der Waals surface area (Å²) in [6.07, 6.45) is 1.38. The number of amides is 2. The van der Waals surface area contributed by atoms with E-state index >= 15 is 0 Å². The summed E-state index contributed by atoms with van der Waals surface area (Å²) in [5.74, 6) is -2.19. The topological polar surface area (TPSA) is 94.4 Å². The molecule has 2 aromatic rings. The molecule has 124 valence electrons. The van der Waals surface area contributed by atoms with Crippen LogP contribution in [0.3, 0.4) is 0 Å². The lowest BCUT2D eigenvalue weighted by Gasteiger charge is -2.12. The summed E-state index contributed by atoms with van der Waals surface area (Å²) in [5, 5.41) is 8.22. The molecule has 3 rings (SSSR count). The number of hydrogen-bond acceptors (Lipinski definition) is 6. The zero-order valence-corrected chi connectivity index (χ0v) is 13.4. The Labute approximate surface area is 138 Å². The smallest absolute Gasteiger partial charge is 0.322 e. The summed E-state index contributed by atoms with van der Waals surface area (Å²) in [4.78, 5) is 41.9. The van der Waals surface area contributed by atoms with Gasteiger partial charge in [-0.15, -0.1) is 5.10 Å². The number of rotatable bonds is 5. The molecule has 8 nitrogen and oxygen atoms in total. The normalized spacial score (nSPS) is 13.3. The van der Waals surface area contributed by atoms with Crippen molar-refractivity contribution in [3.63, 3.8) is 0 Å². The van der Waals surface area contributed by atoms with Crippen molar-refractivity contribution in [2.24, 2.45) is 0 Å². The SMILES string of the molecule is CCCc1c(C(=O)ON2C(=O)c3ccccc3C2=O)nnn1CC. The molecule has 1 aromatic heterocycles. The molecule has 0 saturated heterocycles. The van der Waals surface area contributed by atoms with Gasteiger partial charge in [-0.1, -0.05) is 35.8 Å². The minimum atomic E-state index is -0.868. The summed E-state index contributed by atoms with van der Waals surface area (Å²) < 4.78 is 1.60. The number of aryl methyl sites for hydroxylation is 1. The van der Waals surface area contributed by atoms with E-state index in [4.69, 9.17) is 4.84 Å². The highest BCUT2D eigenvalue weighted by molar-refractivity contribution is 6.21. The fourth-order valence-electron chi connectivity index (χ4n) is 2.61. The van der Waals surface area contributed by atoms with E-state index in [1.165, 1.54) is 12.1 Å². The van der Waals surface area contributed by atoms with Crippen LogP contribution in [0.15, 0.2) is 24.3 Å². The number of hydroxylamine groups is 2. The van der Waals surface area contributed by atoms with E-state index in [0.717, 1.165) is 6.42 Å². The number of carbonyl (C=O) groups is 3. The van der Waals surface area contributed by atoms with Gasteiger partial charge >= 0.3 is 5.97 Å². The van der Waals surface area contributed by atoms with Gasteiger partial charge < -0.3 is 4.84 Å². The Hall–Kier alpha value is -3.03. The van der Waals surface area contributed by atoms with Gasteiger partial charge in [0.05, 0.1) is 16.8 Å². The first-order valence-corrected chi connectivity index (χ1v) is 7.70. The molecule has 0 atom stereocenters. The van der Waals surface area contributed by atoms with Crippen molar-refractivity contribution in [3.05, 3.63) is 46.8 Å². The molecule has 0 N–H and O–H groups in total. The van der Waals surface area contributed by atoms with E-state index in [1.807, 2.05) is 13.8 Å². The summed E-state index contributed by atoms with van der Waals surface area (Å²) in [6, 6.07) is 6.31. The minimum Gasteiger partial charge on any atom is -0.322 e. The lowest BCUT2D eigenvalue weighted by molar-refractivity contribution is -0.0589. The van der Waals surface area contributed by atoms with Crippen molar-refractivity contribution >= 4 is 17.8 Å². The maximum atomic E-state index is 12.4. The third-order valence-corrected chi connectivity index (χ3v) is 3.75. The van der Waals surface area contributed by atoms with Crippen LogP contribution >= 0.6 is 0 Å². The first kappa shape index (κ1) is 15.9. The van der Waals surface area contributed by atoms with Gasteiger partial charge in [0.15, 0.2) is 5.69 Å². The molecule has 0 saturated carbocycles. The summed E-state index contributed by atoms with van der Waals surface area (Å²) in [7, 11) is 0. The highest BCUT2D eigenvalue weighted by Crippen LogP contribution is 2.23. The van der Waals surface area contributed by atoms with Crippen molar-refractivity contribution in [2.75, 3.05) is 0 Å². The lowest BCUT2D eigenvalue weighted by Crippen LogP contribution is -2.33. The highest BCUT2D eigenvalue weighted by Gasteiger charge is 2.39. The van der Waals surface area contributed by atoms with Gasteiger partial charge in [0, 0.05) is 6.54 Å². The number of aromatic nitrogens is 3. The molecular formula is C16H16N4O4. The van der Waals surface area contributed by atoms with Gasteiger partial charge in [-0.3, -0.25) is 9.59 Å². The number of imide groups is 1. The van der Waals surface area contributed by atoms with Crippen LogP contribution < -0.4 is 0 Å². The molecular weight excluding hydrogens is 312 g/mol. The number of benzene rings is 1. The Bertz CT molecular complexity index is 792. The quantitative estimate of drug-likeness (QED) is 0.774. The fourth-order valence-corrected chi connectivity index (χ4v) is 2.61. The van der Waals surface area contributed by atoms with E-state index in [1.54, 1.807) is 16.8 Å². The van der Waals surface area contributed by atoms with Gasteiger partial charge in [-0.25, -0.2) is 9.48 Å². The van der Waals surface area contributed by atoms with Crippen molar-refractivity contribution < 1.29 is 19.2 Å². The maximum Gasteiger partial charge on any atom is 0.385 e. The van der Waals surface area contributed by atoms with Gasteiger partial charge in [0.25, 0.3) is 11.8 Å². The van der Waals surface area contributed by atoms with Gasteiger partial charge in [0.2, 0.25) is 0 Å². The molecule has 0 spiro atoms. The first-order valence-electron chi connectivity index (χ1n) is 7.70. The summed E-state index contributed by atoms with van der Waals surface area (Å²) in [5.41, 5.74) is 1.07. The molecule has 0 aliphatic carbocycles. The highest BCUT2D eigenvalue weighted by atomic mass is 16.7. The van der Waals surface area contributed by atoms with Crippen molar-refractivity contribution in [3.8, 4) is 0 Å². The number of carbonyl (C=O) groups excluding carboxylic acids is 3. The molecule has 0 fully saturated rings. The molecule has 1 aromatic carbocycles. The third kappa shape index (κ3) is 2.45. The Morgan fingerprint density at radius 3 is 2.29 bits per heavy atom. The Morgan fingerprint density at radius 2 is 1.75 bits per heavy atom. The predicted octanol–water partition coefficient (Wildman–Crippen LogP) is 1.62. The van der Waals surface area contributed by atoms with Crippen LogP contribution in [-0.2, 0) is 17.8 Å². The monoisotopic (exact) mass is 328 g/mol. The predicted molar refractivity (Wildman–Crippen MR) is 82.0 cm³/mol. The van der Waals surface area contributed by atoms with E-state index in [-0.39, 0.29) is 16.8 Å². The molecule has 1 aliphatic heterocycles. The Kier molecular flexibility index (Phi) is 4.11. The number of nitrogens with zero attached hydrogens (tertiary/aromatic N) is 4. The summed E-state index contributed by atoms with van der Waals surface area (Å²) >= 11 is 0. The van der Waals surface area contributed by atoms with Crippen molar-refractivity contribution in [1.29, 1.82) is 0 Å². The van der Waals surface area contributed by atoms with Crippen LogP contribution in [-0.4, -0.2) is 37.8 Å². The van der Waals surface area contributed by atoms with Crippen molar-refractivity contribution in [2.45, 2.75) is 33.2 Å². The molecule has 2 amide bonds. The average molecular weight is 328 g/mol. The molecule has 8 heteroatoms. The standard InChI is InChI=1S/C16H16N4O4/c1-3-7-12-13(17-18-19(12)4-2)16(23)24-20-14(21)10-8-5-6-9-11(10)15(20)22/h5-6,8-9H,3-4,7H2,1-2H3.